The van der Waals surface area contributed by atoms with Gasteiger partial charge in [-0.25, -0.2) is 0 Å². The lowest BCUT2D eigenvalue weighted by molar-refractivity contribution is -0.123. The van der Waals surface area contributed by atoms with Crippen LogP contribution < -0.4 is 18.9 Å². The van der Waals surface area contributed by atoms with Gasteiger partial charge < -0.3 is 24.1 Å². The van der Waals surface area contributed by atoms with Gasteiger partial charge in [0.1, 0.15) is 0 Å². The molecule has 1 saturated heterocycles. The molecule has 2 aliphatic rings. The van der Waals surface area contributed by atoms with E-state index >= 15 is 0 Å². The summed E-state index contributed by atoms with van der Waals surface area (Å²) in [7, 11) is 2.81. The minimum Gasteiger partial charge on any atom is -0.502 e. The molecule has 0 saturated carbocycles. The molecule has 10 heteroatoms. The first-order valence-electron chi connectivity index (χ1n) is 8.69. The quantitative estimate of drug-likeness (QED) is 0.684. The third-order valence-electron chi connectivity index (χ3n) is 4.54. The van der Waals surface area contributed by atoms with E-state index in [-0.39, 0.29) is 35.5 Å². The smallest absolute Gasteiger partial charge is 0.293 e. The topological polar surface area (TPSA) is 94.5 Å². The largest absolute Gasteiger partial charge is 0.502 e. The van der Waals surface area contributed by atoms with E-state index in [9.17, 15) is 14.7 Å². The van der Waals surface area contributed by atoms with Gasteiger partial charge in [0.2, 0.25) is 12.5 Å². The van der Waals surface area contributed by atoms with Crippen molar-refractivity contribution in [1.29, 1.82) is 0 Å². The highest BCUT2D eigenvalue weighted by atomic mass is 35.5. The summed E-state index contributed by atoms with van der Waals surface area (Å²) in [4.78, 5) is 26.7. The van der Waals surface area contributed by atoms with Gasteiger partial charge in [0.05, 0.1) is 25.7 Å². The average Bonchev–Trinajstić information content (AvgIpc) is 3.28. The van der Waals surface area contributed by atoms with Crippen LogP contribution in [0.15, 0.2) is 29.2 Å². The zero-order valence-electron chi connectivity index (χ0n) is 15.9. The number of halogens is 1. The Morgan fingerprint density at radius 2 is 1.77 bits per heavy atom. The van der Waals surface area contributed by atoms with Gasteiger partial charge >= 0.3 is 0 Å². The first-order chi connectivity index (χ1) is 14.4. The summed E-state index contributed by atoms with van der Waals surface area (Å²) in [6.45, 7) is 0.0959. The number of amides is 2. The van der Waals surface area contributed by atoms with E-state index in [1.807, 2.05) is 0 Å². The van der Waals surface area contributed by atoms with E-state index in [0.29, 0.717) is 27.6 Å². The number of nitrogens with zero attached hydrogens (tertiary/aromatic N) is 1. The van der Waals surface area contributed by atoms with Crippen LogP contribution in [-0.2, 0) is 11.3 Å². The van der Waals surface area contributed by atoms with Crippen molar-refractivity contribution in [2.75, 3.05) is 21.0 Å². The molecule has 2 amide bonds. The Balaban J connectivity index is 1.61. The molecular weight excluding hydrogens is 434 g/mol. The van der Waals surface area contributed by atoms with Crippen LogP contribution in [0.4, 0.5) is 4.79 Å². The maximum Gasteiger partial charge on any atom is 0.293 e. The number of aromatic hydroxyl groups is 1. The van der Waals surface area contributed by atoms with Gasteiger partial charge in [-0.2, -0.15) is 0 Å². The van der Waals surface area contributed by atoms with Crippen LogP contribution in [-0.4, -0.2) is 42.2 Å². The molecule has 2 aromatic carbocycles. The van der Waals surface area contributed by atoms with Crippen LogP contribution in [0.3, 0.4) is 0 Å². The summed E-state index contributed by atoms with van der Waals surface area (Å²) in [6.07, 6.45) is 1.54. The first-order valence-corrected chi connectivity index (χ1v) is 9.89. The number of ether oxygens (including phenoxy) is 4. The lowest BCUT2D eigenvalue weighted by atomic mass is 10.1. The minimum atomic E-state index is -0.454. The number of carbonyl (C=O) groups excluding carboxylic acids is 2. The maximum absolute atomic E-state index is 12.9. The molecule has 0 aliphatic carbocycles. The number of benzene rings is 2. The predicted octanol–water partition coefficient (Wildman–Crippen LogP) is 4.03. The van der Waals surface area contributed by atoms with E-state index in [1.54, 1.807) is 24.3 Å². The van der Waals surface area contributed by atoms with Crippen LogP contribution in [0.1, 0.15) is 11.1 Å². The summed E-state index contributed by atoms with van der Waals surface area (Å²) in [5.74, 6) is 0.805. The number of carbonyl (C=O) groups is 2. The standard InChI is InChI=1S/C20H16ClNO7S/c1-26-15-3-10(4-16(27-2)18(15)23)5-17-19(24)22(20(25)30-17)8-11-6-13-14(7-12(11)21)29-9-28-13/h3-7,23H,8-9H2,1-2H3/b17-5+. The number of thioether (sulfide) groups is 1. The third kappa shape index (κ3) is 3.61. The van der Waals surface area contributed by atoms with Crippen molar-refractivity contribution in [3.63, 3.8) is 0 Å². The van der Waals surface area contributed by atoms with E-state index in [2.05, 4.69) is 0 Å². The lowest BCUT2D eigenvalue weighted by Gasteiger charge is -2.14. The molecule has 2 aromatic rings. The molecular formula is C20H16ClNO7S. The van der Waals surface area contributed by atoms with Crippen LogP contribution in [0.5, 0.6) is 28.7 Å². The van der Waals surface area contributed by atoms with E-state index < -0.39 is 11.1 Å². The molecule has 0 aromatic heterocycles. The molecule has 8 nitrogen and oxygen atoms in total. The van der Waals surface area contributed by atoms with Gasteiger partial charge in [0.15, 0.2) is 23.0 Å². The van der Waals surface area contributed by atoms with Gasteiger partial charge in [-0.1, -0.05) is 11.6 Å². The van der Waals surface area contributed by atoms with Crippen molar-refractivity contribution in [1.82, 2.24) is 4.90 Å². The molecule has 30 heavy (non-hydrogen) atoms. The molecule has 0 atom stereocenters. The Kier molecular flexibility index (Phi) is 5.40. The molecule has 2 heterocycles. The Labute approximate surface area is 180 Å². The fourth-order valence-corrected chi connectivity index (χ4v) is 4.09. The fraction of sp³-hybridized carbons (Fsp3) is 0.200. The van der Waals surface area contributed by atoms with Gasteiger partial charge in [-0.15, -0.1) is 0 Å². The molecule has 0 radical (unpaired) electrons. The van der Waals surface area contributed by atoms with Crippen LogP contribution in [0.25, 0.3) is 6.08 Å². The minimum absolute atomic E-state index is 0.000298. The first kappa shape index (κ1) is 20.2. The van der Waals surface area contributed by atoms with Crippen molar-refractivity contribution in [2.45, 2.75) is 6.54 Å². The molecule has 2 aliphatic heterocycles. The summed E-state index contributed by atoms with van der Waals surface area (Å²) in [5, 5.41) is 9.98. The highest BCUT2D eigenvalue weighted by Gasteiger charge is 2.36. The normalized spacial score (nSPS) is 16.5. The van der Waals surface area contributed by atoms with E-state index in [4.69, 9.17) is 30.5 Å². The second-order valence-electron chi connectivity index (χ2n) is 6.34. The molecule has 1 fully saturated rings. The van der Waals surface area contributed by atoms with Crippen LogP contribution >= 0.6 is 23.4 Å². The maximum atomic E-state index is 12.9. The molecule has 0 spiro atoms. The van der Waals surface area contributed by atoms with Crippen LogP contribution in [0, 0.1) is 0 Å². The summed E-state index contributed by atoms with van der Waals surface area (Å²) in [6, 6.07) is 6.34. The monoisotopic (exact) mass is 449 g/mol. The molecule has 156 valence electrons. The zero-order valence-corrected chi connectivity index (χ0v) is 17.5. The van der Waals surface area contributed by atoms with E-state index in [0.717, 1.165) is 16.7 Å². The van der Waals surface area contributed by atoms with Crippen molar-refractivity contribution in [2.24, 2.45) is 0 Å². The van der Waals surface area contributed by atoms with Crippen LogP contribution in [0.2, 0.25) is 5.02 Å². The number of fused-ring (bicyclic) bond motifs is 1. The summed E-state index contributed by atoms with van der Waals surface area (Å²) in [5.41, 5.74) is 1.10. The Hall–Kier alpha value is -3.04. The lowest BCUT2D eigenvalue weighted by Crippen LogP contribution is -2.27. The zero-order chi connectivity index (χ0) is 21.4. The average molecular weight is 450 g/mol. The van der Waals surface area contributed by atoms with Crippen molar-refractivity contribution in [3.05, 3.63) is 45.3 Å². The second kappa shape index (κ2) is 8.00. The Morgan fingerprint density at radius 3 is 2.40 bits per heavy atom. The molecule has 1 N–H and O–H groups in total. The predicted molar refractivity (Wildman–Crippen MR) is 110 cm³/mol. The molecule has 0 unspecified atom stereocenters. The number of phenolic OH excluding ortho intramolecular Hbond substituents is 1. The number of hydrogen-bond acceptors (Lipinski definition) is 8. The molecule has 4 rings (SSSR count). The summed E-state index contributed by atoms with van der Waals surface area (Å²) >= 11 is 7.09. The van der Waals surface area contributed by atoms with E-state index in [1.165, 1.54) is 20.3 Å². The van der Waals surface area contributed by atoms with Crippen molar-refractivity contribution < 1.29 is 33.6 Å². The Morgan fingerprint density at radius 1 is 1.13 bits per heavy atom. The van der Waals surface area contributed by atoms with Gasteiger partial charge in [0, 0.05) is 11.1 Å². The van der Waals surface area contributed by atoms with Crippen molar-refractivity contribution in [3.8, 4) is 28.7 Å². The number of rotatable bonds is 5. The van der Waals surface area contributed by atoms with Gasteiger partial charge in [-0.3, -0.25) is 14.5 Å². The van der Waals surface area contributed by atoms with Gasteiger partial charge in [-0.05, 0) is 47.2 Å². The second-order valence-corrected chi connectivity index (χ2v) is 7.74. The Bertz CT molecular complexity index is 1060. The summed E-state index contributed by atoms with van der Waals surface area (Å²) < 4.78 is 20.9. The van der Waals surface area contributed by atoms with Gasteiger partial charge in [0.25, 0.3) is 11.1 Å². The highest BCUT2D eigenvalue weighted by molar-refractivity contribution is 8.18. The highest BCUT2D eigenvalue weighted by Crippen LogP contribution is 2.41. The number of hydrogen-bond donors (Lipinski definition) is 1. The van der Waals surface area contributed by atoms with Crippen molar-refractivity contribution >= 4 is 40.6 Å². The number of imide groups is 1. The number of phenols is 1. The number of methoxy groups -OCH3 is 2. The SMILES string of the molecule is COc1cc(/C=C2/SC(=O)N(Cc3cc4c(cc3Cl)OCO4)C2=O)cc(OC)c1O. The fourth-order valence-electron chi connectivity index (χ4n) is 3.04. The molecule has 0 bridgehead atoms. The third-order valence-corrected chi connectivity index (χ3v) is 5.80.